The highest BCUT2D eigenvalue weighted by Gasteiger charge is 2.13. The van der Waals surface area contributed by atoms with E-state index in [4.69, 9.17) is 20.8 Å². The number of nitrogens with one attached hydrogen (secondary N) is 1. The fraction of sp³-hybridized carbons (Fsp3) is 0.227. The van der Waals surface area contributed by atoms with Crippen LogP contribution in [0.5, 0.6) is 5.75 Å². The molecule has 5 heteroatoms. The molecule has 3 rings (SSSR count). The number of hydrogen-bond acceptors (Lipinski definition) is 3. The number of aryl methyl sites for hydroxylation is 1. The molecule has 140 valence electrons. The SMILES string of the molecule is CCCc1ccc(OCc2ccc(C(=O)Nc3cccc(Cl)c3C)o2)cc1. The number of amides is 1. The van der Waals surface area contributed by atoms with Crippen LogP contribution >= 0.6 is 11.6 Å². The van der Waals surface area contributed by atoms with Crippen LogP contribution < -0.4 is 10.1 Å². The van der Waals surface area contributed by atoms with Gasteiger partial charge in [0.15, 0.2) is 5.76 Å². The monoisotopic (exact) mass is 383 g/mol. The molecule has 3 aromatic rings. The maximum Gasteiger partial charge on any atom is 0.291 e. The van der Waals surface area contributed by atoms with Gasteiger partial charge in [-0.3, -0.25) is 4.79 Å². The highest BCUT2D eigenvalue weighted by molar-refractivity contribution is 6.31. The molecule has 2 aromatic carbocycles. The fourth-order valence-electron chi connectivity index (χ4n) is 2.70. The van der Waals surface area contributed by atoms with E-state index in [2.05, 4.69) is 24.4 Å². The fourth-order valence-corrected chi connectivity index (χ4v) is 2.87. The Kier molecular flexibility index (Phi) is 6.20. The van der Waals surface area contributed by atoms with Crippen molar-refractivity contribution in [3.63, 3.8) is 0 Å². The quantitative estimate of drug-likeness (QED) is 0.542. The molecule has 1 heterocycles. The van der Waals surface area contributed by atoms with Crippen LogP contribution in [0.25, 0.3) is 0 Å². The molecule has 0 saturated heterocycles. The van der Waals surface area contributed by atoms with Crippen LogP contribution in [0.3, 0.4) is 0 Å². The Bertz CT molecular complexity index is 916. The van der Waals surface area contributed by atoms with E-state index >= 15 is 0 Å². The molecule has 0 fully saturated rings. The summed E-state index contributed by atoms with van der Waals surface area (Å²) in [5.41, 5.74) is 2.76. The molecule has 0 radical (unpaired) electrons. The summed E-state index contributed by atoms with van der Waals surface area (Å²) in [6.07, 6.45) is 2.18. The van der Waals surface area contributed by atoms with Crippen molar-refractivity contribution in [1.29, 1.82) is 0 Å². The van der Waals surface area contributed by atoms with Gasteiger partial charge in [0.1, 0.15) is 18.1 Å². The van der Waals surface area contributed by atoms with Crippen molar-refractivity contribution in [2.75, 3.05) is 5.32 Å². The molecule has 27 heavy (non-hydrogen) atoms. The zero-order chi connectivity index (χ0) is 19.2. The van der Waals surface area contributed by atoms with Crippen LogP contribution in [0.2, 0.25) is 5.02 Å². The third-order valence-electron chi connectivity index (χ3n) is 4.24. The van der Waals surface area contributed by atoms with E-state index in [0.29, 0.717) is 16.5 Å². The summed E-state index contributed by atoms with van der Waals surface area (Å²) in [4.78, 5) is 12.4. The van der Waals surface area contributed by atoms with Crippen molar-refractivity contribution in [3.8, 4) is 5.75 Å². The van der Waals surface area contributed by atoms with Gasteiger partial charge in [0.2, 0.25) is 0 Å². The molecule has 0 aliphatic carbocycles. The van der Waals surface area contributed by atoms with Crippen molar-refractivity contribution in [2.24, 2.45) is 0 Å². The normalized spacial score (nSPS) is 10.6. The van der Waals surface area contributed by atoms with Gasteiger partial charge in [0.25, 0.3) is 5.91 Å². The number of benzene rings is 2. The highest BCUT2D eigenvalue weighted by Crippen LogP contribution is 2.24. The van der Waals surface area contributed by atoms with E-state index in [1.165, 1.54) is 5.56 Å². The number of anilines is 1. The zero-order valence-electron chi connectivity index (χ0n) is 15.4. The lowest BCUT2D eigenvalue weighted by Gasteiger charge is -2.08. The minimum atomic E-state index is -0.324. The van der Waals surface area contributed by atoms with Gasteiger partial charge in [-0.05, 0) is 60.9 Å². The summed E-state index contributed by atoms with van der Waals surface area (Å²) in [6.45, 7) is 4.27. The van der Waals surface area contributed by atoms with Crippen molar-refractivity contribution in [2.45, 2.75) is 33.3 Å². The second-order valence-corrected chi connectivity index (χ2v) is 6.72. The molecule has 0 saturated carbocycles. The summed E-state index contributed by atoms with van der Waals surface area (Å²) in [5, 5.41) is 3.42. The summed E-state index contributed by atoms with van der Waals surface area (Å²) >= 11 is 6.08. The molecule has 1 N–H and O–H groups in total. The summed E-state index contributed by atoms with van der Waals surface area (Å²) in [5.74, 6) is 1.26. The Morgan fingerprint density at radius 1 is 1.11 bits per heavy atom. The van der Waals surface area contributed by atoms with Crippen LogP contribution in [-0.2, 0) is 13.0 Å². The summed E-state index contributed by atoms with van der Waals surface area (Å²) < 4.78 is 11.3. The number of carbonyl (C=O) groups excluding carboxylic acids is 1. The Labute approximate surface area is 164 Å². The minimum absolute atomic E-state index is 0.228. The smallest absolute Gasteiger partial charge is 0.291 e. The van der Waals surface area contributed by atoms with E-state index in [-0.39, 0.29) is 18.3 Å². The molecule has 0 spiro atoms. The second kappa shape index (κ2) is 8.78. The van der Waals surface area contributed by atoms with Gasteiger partial charge in [-0.15, -0.1) is 0 Å². The topological polar surface area (TPSA) is 51.5 Å². The van der Waals surface area contributed by atoms with Crippen LogP contribution in [0, 0.1) is 6.92 Å². The number of hydrogen-bond donors (Lipinski definition) is 1. The average molecular weight is 384 g/mol. The van der Waals surface area contributed by atoms with Crippen molar-refractivity contribution < 1.29 is 13.9 Å². The van der Waals surface area contributed by atoms with Gasteiger partial charge in [-0.1, -0.05) is 43.1 Å². The number of furan rings is 1. The molecular formula is C22H22ClNO3. The lowest BCUT2D eigenvalue weighted by molar-refractivity contribution is 0.0992. The van der Waals surface area contributed by atoms with E-state index in [1.54, 1.807) is 30.3 Å². The molecule has 0 bridgehead atoms. The molecule has 0 atom stereocenters. The Balaban J connectivity index is 1.59. The zero-order valence-corrected chi connectivity index (χ0v) is 16.2. The van der Waals surface area contributed by atoms with E-state index in [9.17, 15) is 4.79 Å². The van der Waals surface area contributed by atoms with E-state index in [1.807, 2.05) is 19.1 Å². The molecule has 0 aliphatic rings. The van der Waals surface area contributed by atoms with Gasteiger partial charge in [0.05, 0.1) is 0 Å². The lowest BCUT2D eigenvalue weighted by atomic mass is 10.1. The minimum Gasteiger partial charge on any atom is -0.486 e. The first-order valence-corrected chi connectivity index (χ1v) is 9.31. The number of ether oxygens (including phenoxy) is 1. The van der Waals surface area contributed by atoms with Gasteiger partial charge >= 0.3 is 0 Å². The van der Waals surface area contributed by atoms with Crippen LogP contribution in [0.4, 0.5) is 5.69 Å². The summed E-state index contributed by atoms with van der Waals surface area (Å²) in [7, 11) is 0. The van der Waals surface area contributed by atoms with Gasteiger partial charge in [-0.2, -0.15) is 0 Å². The Hall–Kier alpha value is -2.72. The average Bonchev–Trinajstić information content (AvgIpc) is 3.14. The van der Waals surface area contributed by atoms with Crippen molar-refractivity contribution in [1.82, 2.24) is 0 Å². The van der Waals surface area contributed by atoms with Gasteiger partial charge in [-0.25, -0.2) is 0 Å². The van der Waals surface area contributed by atoms with Gasteiger partial charge in [0, 0.05) is 10.7 Å². The van der Waals surface area contributed by atoms with E-state index < -0.39 is 0 Å². The van der Waals surface area contributed by atoms with Crippen LogP contribution in [0.15, 0.2) is 59.0 Å². The first-order chi connectivity index (χ1) is 13.1. The maximum absolute atomic E-state index is 12.4. The van der Waals surface area contributed by atoms with Crippen LogP contribution in [-0.4, -0.2) is 5.91 Å². The second-order valence-electron chi connectivity index (χ2n) is 6.32. The highest BCUT2D eigenvalue weighted by atomic mass is 35.5. The number of carbonyl (C=O) groups is 1. The predicted octanol–water partition coefficient (Wildman–Crippen LogP) is 6.03. The maximum atomic E-state index is 12.4. The molecule has 0 unspecified atom stereocenters. The Morgan fingerprint density at radius 2 is 1.89 bits per heavy atom. The third kappa shape index (κ3) is 4.92. The number of halogens is 1. The first-order valence-electron chi connectivity index (χ1n) is 8.93. The Morgan fingerprint density at radius 3 is 2.63 bits per heavy atom. The number of rotatable bonds is 7. The lowest BCUT2D eigenvalue weighted by Crippen LogP contribution is -2.12. The first kappa shape index (κ1) is 19.1. The van der Waals surface area contributed by atoms with Crippen molar-refractivity contribution in [3.05, 3.63) is 82.3 Å². The molecular weight excluding hydrogens is 362 g/mol. The molecule has 1 aromatic heterocycles. The molecule has 0 aliphatic heterocycles. The summed E-state index contributed by atoms with van der Waals surface area (Å²) in [6, 6.07) is 16.8. The van der Waals surface area contributed by atoms with E-state index in [0.717, 1.165) is 24.2 Å². The van der Waals surface area contributed by atoms with Crippen LogP contribution in [0.1, 0.15) is 40.8 Å². The predicted molar refractivity (Wildman–Crippen MR) is 108 cm³/mol. The third-order valence-corrected chi connectivity index (χ3v) is 4.65. The molecule has 1 amide bonds. The van der Waals surface area contributed by atoms with Gasteiger partial charge < -0.3 is 14.5 Å². The standard InChI is InChI=1S/C22H22ClNO3/c1-3-5-16-8-10-17(11-9-16)26-14-18-12-13-21(27-18)22(25)24-20-7-4-6-19(23)15(20)2/h4,6-13H,3,5,14H2,1-2H3,(H,24,25). The van der Waals surface area contributed by atoms with Crippen molar-refractivity contribution >= 4 is 23.2 Å². The molecule has 4 nitrogen and oxygen atoms in total. The largest absolute Gasteiger partial charge is 0.486 e.